The lowest BCUT2D eigenvalue weighted by Gasteiger charge is -2.40. The van der Waals surface area contributed by atoms with Gasteiger partial charge in [0, 0.05) is 29.8 Å². The van der Waals surface area contributed by atoms with Crippen molar-refractivity contribution in [2.24, 2.45) is 0 Å². The van der Waals surface area contributed by atoms with Crippen molar-refractivity contribution < 1.29 is 4.79 Å². The smallest absolute Gasteiger partial charge is 0.326 e. The highest BCUT2D eigenvalue weighted by molar-refractivity contribution is 6.31. The predicted molar refractivity (Wildman–Crippen MR) is 99.4 cm³/mol. The van der Waals surface area contributed by atoms with Crippen LogP contribution in [0.3, 0.4) is 0 Å². The monoisotopic (exact) mass is 341 g/mol. The Morgan fingerprint density at radius 2 is 1.96 bits per heavy atom. The zero-order chi connectivity index (χ0) is 16.7. The molecule has 5 heteroatoms. The molecule has 1 unspecified atom stereocenters. The Balaban J connectivity index is 1.65. The minimum absolute atomic E-state index is 0.0978. The topological polar surface area (TPSA) is 35.6 Å². The molecule has 4 rings (SSSR count). The molecule has 0 radical (unpaired) electrons. The van der Waals surface area contributed by atoms with Crippen LogP contribution in [0.15, 0.2) is 42.5 Å². The summed E-state index contributed by atoms with van der Waals surface area (Å²) in [5.41, 5.74) is 3.79. The first kappa shape index (κ1) is 15.3. The second kappa shape index (κ2) is 6.02. The number of para-hydroxylation sites is 2. The van der Waals surface area contributed by atoms with Gasteiger partial charge in [0.25, 0.3) is 0 Å². The molecule has 2 aromatic carbocycles. The van der Waals surface area contributed by atoms with Crippen LogP contribution in [0.2, 0.25) is 5.02 Å². The number of nitrogens with one attached hydrogen (secondary N) is 1. The summed E-state index contributed by atoms with van der Waals surface area (Å²) in [7, 11) is 0. The average Bonchev–Trinajstić information content (AvgIpc) is 3.07. The van der Waals surface area contributed by atoms with E-state index in [2.05, 4.69) is 16.3 Å². The number of hydrogen-bond acceptors (Lipinski definition) is 2. The number of halogens is 1. The molecule has 0 aliphatic carbocycles. The van der Waals surface area contributed by atoms with Crippen molar-refractivity contribution in [3.63, 3.8) is 0 Å². The number of rotatable bonds is 1. The van der Waals surface area contributed by atoms with Gasteiger partial charge in [0.15, 0.2) is 0 Å². The van der Waals surface area contributed by atoms with Gasteiger partial charge in [0.2, 0.25) is 0 Å². The molecule has 2 aliphatic rings. The molecule has 2 aromatic rings. The molecule has 1 saturated heterocycles. The van der Waals surface area contributed by atoms with E-state index < -0.39 is 0 Å². The Labute approximate surface area is 147 Å². The van der Waals surface area contributed by atoms with Gasteiger partial charge in [-0.2, -0.15) is 0 Å². The normalized spacial score (nSPS) is 19.0. The molecule has 4 nitrogen and oxygen atoms in total. The van der Waals surface area contributed by atoms with Crippen molar-refractivity contribution in [3.05, 3.63) is 53.1 Å². The fraction of sp³-hybridized carbons (Fsp3) is 0.316. The summed E-state index contributed by atoms with van der Waals surface area (Å²) in [6.07, 6.45) is 2.32. The number of fused-ring (bicyclic) bond motifs is 3. The Kier molecular flexibility index (Phi) is 3.85. The molecule has 24 heavy (non-hydrogen) atoms. The highest BCUT2D eigenvalue weighted by Gasteiger charge is 2.36. The van der Waals surface area contributed by atoms with Gasteiger partial charge < -0.3 is 10.2 Å². The molecule has 0 saturated carbocycles. The quantitative estimate of drug-likeness (QED) is 0.818. The largest absolute Gasteiger partial charge is 0.365 e. The average molecular weight is 342 g/mol. The molecule has 0 spiro atoms. The van der Waals surface area contributed by atoms with Crippen molar-refractivity contribution in [3.8, 4) is 0 Å². The van der Waals surface area contributed by atoms with Crippen LogP contribution in [-0.2, 0) is 0 Å². The third-order valence-electron chi connectivity index (χ3n) is 5.01. The zero-order valence-corrected chi connectivity index (χ0v) is 14.4. The number of urea groups is 1. The number of anilines is 3. The van der Waals surface area contributed by atoms with Gasteiger partial charge in [-0.15, -0.1) is 0 Å². The van der Waals surface area contributed by atoms with E-state index in [4.69, 9.17) is 11.6 Å². The summed E-state index contributed by atoms with van der Waals surface area (Å²) in [6, 6.07) is 14.0. The second-order valence-corrected chi connectivity index (χ2v) is 6.84. The summed E-state index contributed by atoms with van der Waals surface area (Å²) in [4.78, 5) is 17.2. The van der Waals surface area contributed by atoms with E-state index in [0.717, 1.165) is 42.1 Å². The number of hydrogen-bond donors (Lipinski definition) is 1. The van der Waals surface area contributed by atoms with E-state index in [9.17, 15) is 4.79 Å². The Bertz CT molecular complexity index is 792. The lowest BCUT2D eigenvalue weighted by atomic mass is 10.1. The maximum Gasteiger partial charge on any atom is 0.326 e. The molecule has 2 heterocycles. The highest BCUT2D eigenvalue weighted by Crippen LogP contribution is 2.39. The van der Waals surface area contributed by atoms with Crippen LogP contribution in [0.5, 0.6) is 0 Å². The zero-order valence-electron chi connectivity index (χ0n) is 13.6. The Morgan fingerprint density at radius 3 is 2.79 bits per heavy atom. The first-order valence-electron chi connectivity index (χ1n) is 8.34. The third-order valence-corrected chi connectivity index (χ3v) is 5.42. The summed E-state index contributed by atoms with van der Waals surface area (Å²) in [5, 5.41) is 3.69. The second-order valence-electron chi connectivity index (χ2n) is 6.43. The molecule has 1 N–H and O–H groups in total. The molecule has 1 fully saturated rings. The first-order chi connectivity index (χ1) is 11.6. The molecular weight excluding hydrogens is 322 g/mol. The van der Waals surface area contributed by atoms with Gasteiger partial charge >= 0.3 is 6.03 Å². The minimum Gasteiger partial charge on any atom is -0.365 e. The molecule has 2 aliphatic heterocycles. The molecule has 0 bridgehead atoms. The first-order valence-corrected chi connectivity index (χ1v) is 8.72. The Hall–Kier alpha value is -2.20. The minimum atomic E-state index is -0.0978. The summed E-state index contributed by atoms with van der Waals surface area (Å²) >= 11 is 6.17. The van der Waals surface area contributed by atoms with E-state index >= 15 is 0 Å². The summed E-state index contributed by atoms with van der Waals surface area (Å²) in [5.74, 6) is 0. The molecule has 124 valence electrons. The van der Waals surface area contributed by atoms with Gasteiger partial charge in [0.05, 0.1) is 11.4 Å². The maximum absolute atomic E-state index is 12.9. The van der Waals surface area contributed by atoms with Crippen molar-refractivity contribution in [2.75, 3.05) is 28.2 Å². The SMILES string of the molecule is Cc1c(Cl)cccc1NC(=O)N1CC2CCCN2c2ccccc21. The number of nitrogens with zero attached hydrogens (tertiary/aromatic N) is 2. The van der Waals surface area contributed by atoms with Crippen LogP contribution in [0, 0.1) is 6.92 Å². The molecule has 0 aromatic heterocycles. The van der Waals surface area contributed by atoms with E-state index in [1.165, 1.54) is 6.42 Å². The van der Waals surface area contributed by atoms with Crippen LogP contribution in [0.25, 0.3) is 0 Å². The van der Waals surface area contributed by atoms with Crippen molar-refractivity contribution in [1.29, 1.82) is 0 Å². The van der Waals surface area contributed by atoms with Gasteiger partial charge in [-0.1, -0.05) is 29.8 Å². The van der Waals surface area contributed by atoms with E-state index in [1.54, 1.807) is 0 Å². The molecular formula is C19H20ClN3O. The van der Waals surface area contributed by atoms with Crippen molar-refractivity contribution >= 4 is 34.7 Å². The number of amides is 2. The van der Waals surface area contributed by atoms with E-state index in [-0.39, 0.29) is 6.03 Å². The Morgan fingerprint density at radius 1 is 1.17 bits per heavy atom. The maximum atomic E-state index is 12.9. The highest BCUT2D eigenvalue weighted by atomic mass is 35.5. The predicted octanol–water partition coefficient (Wildman–Crippen LogP) is 4.67. The van der Waals surface area contributed by atoms with Crippen LogP contribution in [-0.4, -0.2) is 25.2 Å². The molecule has 2 amide bonds. The van der Waals surface area contributed by atoms with E-state index in [0.29, 0.717) is 11.1 Å². The van der Waals surface area contributed by atoms with Crippen LogP contribution < -0.4 is 15.1 Å². The lowest BCUT2D eigenvalue weighted by molar-refractivity contribution is 0.256. The standard InChI is InChI=1S/C19H20ClN3O/c1-13-15(20)7-4-8-16(13)21-19(24)23-12-14-6-5-11-22(14)17-9-2-3-10-18(17)23/h2-4,7-10,14H,5-6,11-12H2,1H3,(H,21,24). The summed E-state index contributed by atoms with van der Waals surface area (Å²) in [6.45, 7) is 3.72. The van der Waals surface area contributed by atoms with Gasteiger partial charge in [-0.25, -0.2) is 4.79 Å². The number of benzene rings is 2. The third kappa shape index (κ3) is 2.51. The van der Waals surface area contributed by atoms with Crippen molar-refractivity contribution in [2.45, 2.75) is 25.8 Å². The number of carbonyl (C=O) groups is 1. The summed E-state index contributed by atoms with van der Waals surface area (Å²) < 4.78 is 0. The fourth-order valence-electron chi connectivity index (χ4n) is 3.70. The lowest BCUT2D eigenvalue weighted by Crippen LogP contribution is -2.49. The van der Waals surface area contributed by atoms with Crippen molar-refractivity contribution in [1.82, 2.24) is 0 Å². The van der Waals surface area contributed by atoms with Gasteiger partial charge in [-0.3, -0.25) is 4.90 Å². The van der Waals surface area contributed by atoms with E-state index in [1.807, 2.05) is 48.2 Å². The molecule has 1 atom stereocenters. The fourth-order valence-corrected chi connectivity index (χ4v) is 3.88. The van der Waals surface area contributed by atoms with Gasteiger partial charge in [-0.05, 0) is 49.6 Å². The van der Waals surface area contributed by atoms with Crippen LogP contribution in [0.1, 0.15) is 18.4 Å². The van der Waals surface area contributed by atoms with Gasteiger partial charge in [0.1, 0.15) is 0 Å². The number of carbonyl (C=O) groups excluding carboxylic acids is 1. The van der Waals surface area contributed by atoms with Crippen LogP contribution >= 0.6 is 11.6 Å². The van der Waals surface area contributed by atoms with Crippen LogP contribution in [0.4, 0.5) is 21.9 Å².